The van der Waals surface area contributed by atoms with Crippen LogP contribution in [0.15, 0.2) is 48.5 Å². The maximum atomic E-state index is 2.26. The number of hydrogen-bond acceptors (Lipinski definition) is 0. The van der Waals surface area contributed by atoms with Crippen LogP contribution in [0.1, 0.15) is 14.8 Å². The zero-order chi connectivity index (χ0) is 9.54. The Morgan fingerprint density at radius 2 is 1.06 bits per heavy atom. The van der Waals surface area contributed by atoms with Gasteiger partial charge in [0, 0.05) is 0 Å². The van der Waals surface area contributed by atoms with Gasteiger partial charge in [-0.3, -0.25) is 0 Å². The van der Waals surface area contributed by atoms with Gasteiger partial charge in [0.2, 0.25) is 0 Å². The first-order valence-corrected chi connectivity index (χ1v) is 6.19. The first-order chi connectivity index (χ1) is 6.88. The van der Waals surface area contributed by atoms with Crippen LogP contribution in [0.5, 0.6) is 0 Å². The summed E-state index contributed by atoms with van der Waals surface area (Å²) in [4.78, 5) is 0. The van der Waals surface area contributed by atoms with E-state index in [0.29, 0.717) is 3.63 Å². The Kier molecular flexibility index (Phi) is 4.79. The fourth-order valence-corrected chi connectivity index (χ4v) is 3.39. The molecule has 0 N–H and O–H groups in total. The minimum absolute atomic E-state index is 0. The van der Waals surface area contributed by atoms with E-state index >= 15 is 0 Å². The molecule has 0 saturated heterocycles. The van der Waals surface area contributed by atoms with Gasteiger partial charge >= 0.3 is 99.1 Å². The molecule has 0 atom stereocenters. The fraction of sp³-hybridized carbons (Fsp3) is 0.0769. The second-order valence-electron chi connectivity index (χ2n) is 3.61. The summed E-state index contributed by atoms with van der Waals surface area (Å²) in [6, 6.07) is 17.5. The van der Waals surface area contributed by atoms with Gasteiger partial charge in [-0.25, -0.2) is 0 Å². The summed E-state index contributed by atoms with van der Waals surface area (Å²) in [6.45, 7) is 0. The zero-order valence-electron chi connectivity index (χ0n) is 8.51. The SMILES string of the molecule is Cl.Cl.[Zr][CH]1c2ccccc2-c2ccccc21. The van der Waals surface area contributed by atoms with E-state index in [-0.39, 0.29) is 24.8 Å². The van der Waals surface area contributed by atoms with Gasteiger partial charge in [0.05, 0.1) is 0 Å². The van der Waals surface area contributed by atoms with E-state index in [1.807, 2.05) is 0 Å². The van der Waals surface area contributed by atoms with Gasteiger partial charge in [0.25, 0.3) is 0 Å². The molecule has 0 heterocycles. The number of benzene rings is 2. The fourth-order valence-electron chi connectivity index (χ4n) is 2.16. The first-order valence-electron chi connectivity index (χ1n) is 4.77. The summed E-state index contributed by atoms with van der Waals surface area (Å²) in [7, 11) is 0. The molecule has 0 aromatic heterocycles. The minimum atomic E-state index is 0. The van der Waals surface area contributed by atoms with Crippen LogP contribution in [0, 0.1) is 0 Å². The molecule has 0 bridgehead atoms. The average Bonchev–Trinajstić information content (AvgIpc) is 2.55. The molecule has 0 unspecified atom stereocenters. The Hall–Kier alpha value is -0.0969. The van der Waals surface area contributed by atoms with Crippen molar-refractivity contribution in [1.82, 2.24) is 0 Å². The molecule has 81 valence electrons. The predicted molar refractivity (Wildman–Crippen MR) is 68.2 cm³/mol. The van der Waals surface area contributed by atoms with E-state index in [1.165, 1.54) is 22.3 Å². The van der Waals surface area contributed by atoms with Gasteiger partial charge in [-0.05, 0) is 0 Å². The first kappa shape index (κ1) is 14.0. The average molecular weight is 329 g/mol. The Morgan fingerprint density at radius 1 is 0.688 bits per heavy atom. The van der Waals surface area contributed by atoms with Crippen molar-refractivity contribution in [3.05, 3.63) is 59.7 Å². The second kappa shape index (κ2) is 5.49. The number of halogens is 2. The number of hydrogen-bond donors (Lipinski definition) is 0. The summed E-state index contributed by atoms with van der Waals surface area (Å²) in [5.41, 5.74) is 5.88. The third-order valence-electron chi connectivity index (χ3n) is 2.83. The molecule has 0 aliphatic heterocycles. The van der Waals surface area contributed by atoms with Crippen LogP contribution in [-0.4, -0.2) is 0 Å². The molecule has 0 nitrogen and oxygen atoms in total. The molecular weight excluding hydrogens is 318 g/mol. The van der Waals surface area contributed by atoms with Crippen molar-refractivity contribution in [3.63, 3.8) is 0 Å². The van der Waals surface area contributed by atoms with Crippen LogP contribution in [0.25, 0.3) is 11.1 Å². The Morgan fingerprint density at radius 3 is 1.50 bits per heavy atom. The van der Waals surface area contributed by atoms with Crippen LogP contribution in [0.3, 0.4) is 0 Å². The van der Waals surface area contributed by atoms with E-state index in [2.05, 4.69) is 48.5 Å². The molecule has 0 fully saturated rings. The van der Waals surface area contributed by atoms with Crippen LogP contribution < -0.4 is 0 Å². The van der Waals surface area contributed by atoms with Crippen LogP contribution >= 0.6 is 24.8 Å². The van der Waals surface area contributed by atoms with Crippen molar-refractivity contribution in [2.45, 2.75) is 3.63 Å². The molecule has 0 amide bonds. The van der Waals surface area contributed by atoms with Gasteiger partial charge < -0.3 is 0 Å². The third-order valence-corrected chi connectivity index (χ3v) is 4.36. The molecule has 0 spiro atoms. The summed E-state index contributed by atoms with van der Waals surface area (Å²) < 4.78 is 0.648. The molecule has 1 aliphatic carbocycles. The summed E-state index contributed by atoms with van der Waals surface area (Å²) in [6.07, 6.45) is 0. The van der Waals surface area contributed by atoms with Crippen molar-refractivity contribution < 1.29 is 24.7 Å². The zero-order valence-corrected chi connectivity index (χ0v) is 12.6. The summed E-state index contributed by atoms with van der Waals surface area (Å²) in [5.74, 6) is 0. The van der Waals surface area contributed by atoms with Crippen LogP contribution in [0.2, 0.25) is 0 Å². The quantitative estimate of drug-likeness (QED) is 0.681. The molecule has 0 radical (unpaired) electrons. The van der Waals surface area contributed by atoms with E-state index in [9.17, 15) is 0 Å². The molecular formula is C13H11Cl2Zr. The van der Waals surface area contributed by atoms with E-state index in [0.717, 1.165) is 0 Å². The van der Waals surface area contributed by atoms with Gasteiger partial charge in [-0.1, -0.05) is 0 Å². The van der Waals surface area contributed by atoms with E-state index in [1.54, 1.807) is 24.7 Å². The van der Waals surface area contributed by atoms with Gasteiger partial charge in [-0.2, -0.15) is 0 Å². The van der Waals surface area contributed by atoms with Gasteiger partial charge in [0.15, 0.2) is 0 Å². The molecule has 2 aromatic carbocycles. The Labute approximate surface area is 123 Å². The van der Waals surface area contributed by atoms with Gasteiger partial charge in [-0.15, -0.1) is 24.8 Å². The van der Waals surface area contributed by atoms with Crippen molar-refractivity contribution in [2.24, 2.45) is 0 Å². The van der Waals surface area contributed by atoms with Crippen molar-refractivity contribution in [3.8, 4) is 11.1 Å². The summed E-state index contributed by atoms with van der Waals surface area (Å²) in [5, 5.41) is 0. The summed E-state index contributed by atoms with van der Waals surface area (Å²) >= 11 is 1.58. The predicted octanol–water partition coefficient (Wildman–Crippen LogP) is 4.15. The van der Waals surface area contributed by atoms with Gasteiger partial charge in [0.1, 0.15) is 0 Å². The molecule has 0 saturated carbocycles. The third kappa shape index (κ3) is 2.01. The molecule has 1 aliphatic rings. The molecule has 2 aromatic rings. The van der Waals surface area contributed by atoms with Crippen LogP contribution in [-0.2, 0) is 24.7 Å². The number of rotatable bonds is 0. The topological polar surface area (TPSA) is 0 Å². The Balaban J connectivity index is 0.000000640. The van der Waals surface area contributed by atoms with Crippen LogP contribution in [0.4, 0.5) is 0 Å². The maximum absolute atomic E-state index is 2.26. The van der Waals surface area contributed by atoms with Crippen molar-refractivity contribution in [1.29, 1.82) is 0 Å². The molecule has 16 heavy (non-hydrogen) atoms. The molecule has 3 heteroatoms. The van der Waals surface area contributed by atoms with Crippen molar-refractivity contribution in [2.75, 3.05) is 0 Å². The van der Waals surface area contributed by atoms with E-state index in [4.69, 9.17) is 0 Å². The van der Waals surface area contributed by atoms with E-state index < -0.39 is 0 Å². The Bertz CT molecular complexity index is 451. The van der Waals surface area contributed by atoms with Crippen molar-refractivity contribution >= 4 is 24.8 Å². The molecule has 3 rings (SSSR count). The second-order valence-corrected chi connectivity index (χ2v) is 5.03. The standard InChI is InChI=1S/C13H9.2ClH.Zr/c1-3-7-12-10(5-1)9-11-6-2-4-8-13(11)12;;;/h1-9H;2*1H;. The normalized spacial score (nSPS) is 11.9. The monoisotopic (exact) mass is 327 g/mol. The number of fused-ring (bicyclic) bond motifs is 3.